The lowest BCUT2D eigenvalue weighted by Crippen LogP contribution is -2.43. The average Bonchev–Trinajstić information content (AvgIpc) is 2.83. The van der Waals surface area contributed by atoms with Crippen molar-refractivity contribution in [2.75, 3.05) is 7.05 Å². The molecular weight excluding hydrogens is 318 g/mol. The van der Waals surface area contributed by atoms with Crippen molar-refractivity contribution >= 4 is 12.4 Å². The maximum atomic E-state index is 6.67. The smallest absolute Gasteiger partial charge is 0.108 e. The summed E-state index contributed by atoms with van der Waals surface area (Å²) >= 11 is 0. The second-order valence-corrected chi connectivity index (χ2v) is 6.98. The molecule has 128 valence electrons. The molecular formula is C21H26ClNO. The minimum atomic E-state index is 0. The van der Waals surface area contributed by atoms with E-state index in [4.69, 9.17) is 4.74 Å². The second kappa shape index (κ2) is 7.69. The molecule has 3 heteroatoms. The van der Waals surface area contributed by atoms with Gasteiger partial charge in [0.15, 0.2) is 0 Å². The molecule has 2 nitrogen and oxygen atoms in total. The van der Waals surface area contributed by atoms with E-state index in [0.717, 1.165) is 0 Å². The van der Waals surface area contributed by atoms with E-state index in [-0.39, 0.29) is 18.5 Å². The Balaban J connectivity index is 0.00000169. The highest BCUT2D eigenvalue weighted by Gasteiger charge is 2.39. The minimum Gasteiger partial charge on any atom is -0.365 e. The fourth-order valence-electron chi connectivity index (χ4n) is 4.27. The molecule has 24 heavy (non-hydrogen) atoms. The molecule has 4 rings (SSSR count). The van der Waals surface area contributed by atoms with Crippen LogP contribution >= 0.6 is 12.4 Å². The molecule has 2 aromatic rings. The summed E-state index contributed by atoms with van der Waals surface area (Å²) in [6, 6.07) is 22.7. The SMILES string of the molecule is CN1C2CCC1CC(OC(c1ccccc1)c1ccccc1)C2.Cl. The second-order valence-electron chi connectivity index (χ2n) is 6.98. The van der Waals surface area contributed by atoms with Crippen LogP contribution in [0.25, 0.3) is 0 Å². The van der Waals surface area contributed by atoms with E-state index in [1.165, 1.54) is 36.8 Å². The third-order valence-corrected chi connectivity index (χ3v) is 5.59. The fourth-order valence-corrected chi connectivity index (χ4v) is 4.27. The first-order chi connectivity index (χ1) is 11.3. The van der Waals surface area contributed by atoms with Gasteiger partial charge in [0.1, 0.15) is 6.10 Å². The predicted octanol–water partition coefficient (Wildman–Crippen LogP) is 4.84. The molecule has 2 aromatic carbocycles. The van der Waals surface area contributed by atoms with Crippen molar-refractivity contribution in [1.29, 1.82) is 0 Å². The lowest BCUT2D eigenvalue weighted by atomic mass is 9.97. The Morgan fingerprint density at radius 2 is 1.29 bits per heavy atom. The van der Waals surface area contributed by atoms with Gasteiger partial charge in [-0.25, -0.2) is 0 Å². The summed E-state index contributed by atoms with van der Waals surface area (Å²) < 4.78 is 6.67. The van der Waals surface area contributed by atoms with Gasteiger partial charge in [0.05, 0.1) is 6.10 Å². The minimum absolute atomic E-state index is 0. The molecule has 0 N–H and O–H groups in total. The summed E-state index contributed by atoms with van der Waals surface area (Å²) in [6.45, 7) is 0. The Hall–Kier alpha value is -1.35. The largest absolute Gasteiger partial charge is 0.365 e. The third-order valence-electron chi connectivity index (χ3n) is 5.59. The predicted molar refractivity (Wildman–Crippen MR) is 101 cm³/mol. The Labute approximate surface area is 151 Å². The van der Waals surface area contributed by atoms with Crippen molar-refractivity contribution in [2.45, 2.75) is 50.0 Å². The molecule has 0 amide bonds. The van der Waals surface area contributed by atoms with E-state index in [2.05, 4.69) is 72.6 Å². The zero-order valence-corrected chi connectivity index (χ0v) is 15.0. The van der Waals surface area contributed by atoms with Gasteiger partial charge in [0, 0.05) is 12.1 Å². The number of benzene rings is 2. The van der Waals surface area contributed by atoms with Gasteiger partial charge >= 0.3 is 0 Å². The first-order valence-corrected chi connectivity index (χ1v) is 8.78. The number of ether oxygens (including phenoxy) is 1. The summed E-state index contributed by atoms with van der Waals surface area (Å²) in [6.07, 6.45) is 5.43. The van der Waals surface area contributed by atoms with Crippen molar-refractivity contribution in [3.8, 4) is 0 Å². The molecule has 0 aliphatic carbocycles. The molecule has 2 fully saturated rings. The number of hydrogen-bond donors (Lipinski definition) is 0. The van der Waals surface area contributed by atoms with Crippen molar-refractivity contribution < 1.29 is 4.74 Å². The van der Waals surface area contributed by atoms with E-state index < -0.39 is 0 Å². The molecule has 2 saturated heterocycles. The molecule has 0 aromatic heterocycles. The van der Waals surface area contributed by atoms with Crippen LogP contribution in [0.1, 0.15) is 42.9 Å². The highest BCUT2D eigenvalue weighted by atomic mass is 35.5. The van der Waals surface area contributed by atoms with Crippen LogP contribution in [-0.4, -0.2) is 30.1 Å². The van der Waals surface area contributed by atoms with Gasteiger partial charge < -0.3 is 9.64 Å². The normalized spacial score (nSPS) is 26.3. The zero-order valence-electron chi connectivity index (χ0n) is 14.2. The van der Waals surface area contributed by atoms with Gasteiger partial charge in [0.25, 0.3) is 0 Å². The molecule has 2 atom stereocenters. The van der Waals surface area contributed by atoms with Crippen molar-refractivity contribution in [3.05, 3.63) is 71.8 Å². The molecule has 2 bridgehead atoms. The first-order valence-electron chi connectivity index (χ1n) is 8.78. The van der Waals surface area contributed by atoms with Crippen LogP contribution in [0.5, 0.6) is 0 Å². The van der Waals surface area contributed by atoms with Crippen LogP contribution in [0.2, 0.25) is 0 Å². The molecule has 2 aliphatic rings. The highest BCUT2D eigenvalue weighted by molar-refractivity contribution is 5.85. The summed E-state index contributed by atoms with van der Waals surface area (Å²) in [4.78, 5) is 2.57. The zero-order chi connectivity index (χ0) is 15.6. The van der Waals surface area contributed by atoms with Gasteiger partial charge in [-0.2, -0.15) is 0 Å². The van der Waals surface area contributed by atoms with E-state index in [1.807, 2.05) is 0 Å². The number of nitrogens with zero attached hydrogens (tertiary/aromatic N) is 1. The van der Waals surface area contributed by atoms with Gasteiger partial charge in [-0.3, -0.25) is 0 Å². The maximum absolute atomic E-state index is 6.67. The quantitative estimate of drug-likeness (QED) is 0.787. The Morgan fingerprint density at radius 3 is 1.75 bits per heavy atom. The average molecular weight is 344 g/mol. The Kier molecular flexibility index (Phi) is 5.60. The number of hydrogen-bond acceptors (Lipinski definition) is 2. The van der Waals surface area contributed by atoms with Gasteiger partial charge in [0.2, 0.25) is 0 Å². The monoisotopic (exact) mass is 343 g/mol. The molecule has 2 aliphatic heterocycles. The molecule has 2 unspecified atom stereocenters. The van der Waals surface area contributed by atoms with E-state index in [1.54, 1.807) is 0 Å². The Morgan fingerprint density at radius 1 is 0.833 bits per heavy atom. The van der Waals surface area contributed by atoms with Gasteiger partial charge in [-0.1, -0.05) is 60.7 Å². The fraction of sp³-hybridized carbons (Fsp3) is 0.429. The van der Waals surface area contributed by atoms with Crippen LogP contribution in [0.3, 0.4) is 0 Å². The van der Waals surface area contributed by atoms with Gasteiger partial charge in [-0.05, 0) is 43.9 Å². The molecule has 0 saturated carbocycles. The number of rotatable bonds is 4. The van der Waals surface area contributed by atoms with Crippen molar-refractivity contribution in [2.24, 2.45) is 0 Å². The maximum Gasteiger partial charge on any atom is 0.108 e. The van der Waals surface area contributed by atoms with Crippen molar-refractivity contribution in [1.82, 2.24) is 4.90 Å². The van der Waals surface area contributed by atoms with Crippen LogP contribution < -0.4 is 0 Å². The molecule has 2 heterocycles. The number of fused-ring (bicyclic) bond motifs is 2. The van der Waals surface area contributed by atoms with E-state index >= 15 is 0 Å². The lowest BCUT2D eigenvalue weighted by Gasteiger charge is -2.38. The van der Waals surface area contributed by atoms with Crippen LogP contribution in [0, 0.1) is 0 Å². The lowest BCUT2D eigenvalue weighted by molar-refractivity contribution is -0.0426. The standard InChI is InChI=1S/C21H25NO.ClH/c1-22-18-12-13-19(22)15-20(14-18)23-21(16-8-4-2-5-9-16)17-10-6-3-7-11-17;/h2-11,18-21H,12-15H2,1H3;1H. The molecule has 0 radical (unpaired) electrons. The third kappa shape index (κ3) is 3.51. The summed E-state index contributed by atoms with van der Waals surface area (Å²) in [7, 11) is 2.28. The topological polar surface area (TPSA) is 12.5 Å². The molecule has 0 spiro atoms. The van der Waals surface area contributed by atoms with Gasteiger partial charge in [-0.15, -0.1) is 12.4 Å². The van der Waals surface area contributed by atoms with E-state index in [9.17, 15) is 0 Å². The van der Waals surface area contributed by atoms with E-state index in [0.29, 0.717) is 18.2 Å². The Bertz CT molecular complexity index is 579. The first kappa shape index (κ1) is 17.5. The summed E-state index contributed by atoms with van der Waals surface area (Å²) in [5, 5.41) is 0. The van der Waals surface area contributed by atoms with Crippen LogP contribution in [0.4, 0.5) is 0 Å². The number of piperidine rings is 1. The van der Waals surface area contributed by atoms with Crippen LogP contribution in [0.15, 0.2) is 60.7 Å². The highest BCUT2D eigenvalue weighted by Crippen LogP contribution is 2.38. The van der Waals surface area contributed by atoms with Crippen molar-refractivity contribution in [3.63, 3.8) is 0 Å². The summed E-state index contributed by atoms with van der Waals surface area (Å²) in [5.74, 6) is 0. The van der Waals surface area contributed by atoms with Crippen LogP contribution in [-0.2, 0) is 4.74 Å². The number of halogens is 1. The summed E-state index contributed by atoms with van der Waals surface area (Å²) in [5.41, 5.74) is 2.51.